The van der Waals surface area contributed by atoms with Crippen LogP contribution in [0.4, 0.5) is 5.69 Å². The average Bonchev–Trinajstić information content (AvgIpc) is 3.06. The summed E-state index contributed by atoms with van der Waals surface area (Å²) in [5.41, 5.74) is 4.55. The lowest BCUT2D eigenvalue weighted by atomic mass is 10.1. The van der Waals surface area contributed by atoms with Crippen LogP contribution in [-0.2, 0) is 13.1 Å². The SMILES string of the molecule is CC[C@@H](C)N(Cc1cn(CC)c2ccccc12)C(=S)Nc1ccc(C)c(Cl)c1. The van der Waals surface area contributed by atoms with E-state index in [1.165, 1.54) is 16.5 Å². The molecule has 28 heavy (non-hydrogen) atoms. The van der Waals surface area contributed by atoms with E-state index in [-0.39, 0.29) is 0 Å². The monoisotopic (exact) mass is 413 g/mol. The molecular weight excluding hydrogens is 386 g/mol. The molecular formula is C23H28ClN3S. The first-order chi connectivity index (χ1) is 13.4. The van der Waals surface area contributed by atoms with Gasteiger partial charge in [-0.15, -0.1) is 0 Å². The Bertz CT molecular complexity index is 979. The van der Waals surface area contributed by atoms with Gasteiger partial charge in [-0.05, 0) is 68.7 Å². The number of fused-ring (bicyclic) bond motifs is 1. The number of rotatable bonds is 6. The quantitative estimate of drug-likeness (QED) is 0.458. The van der Waals surface area contributed by atoms with Gasteiger partial charge in [0.2, 0.25) is 0 Å². The molecule has 1 aromatic heterocycles. The summed E-state index contributed by atoms with van der Waals surface area (Å²) in [4.78, 5) is 2.27. The van der Waals surface area contributed by atoms with Crippen molar-refractivity contribution in [2.45, 2.75) is 53.2 Å². The van der Waals surface area contributed by atoms with Crippen LogP contribution in [-0.4, -0.2) is 20.6 Å². The molecule has 0 fully saturated rings. The van der Waals surface area contributed by atoms with Crippen LogP contribution < -0.4 is 5.32 Å². The van der Waals surface area contributed by atoms with E-state index < -0.39 is 0 Å². The summed E-state index contributed by atoms with van der Waals surface area (Å²) < 4.78 is 2.30. The normalized spacial score (nSPS) is 12.2. The molecule has 0 amide bonds. The number of para-hydroxylation sites is 1. The van der Waals surface area contributed by atoms with E-state index in [2.05, 4.69) is 66.0 Å². The molecule has 0 saturated heterocycles. The van der Waals surface area contributed by atoms with Crippen LogP contribution in [0.15, 0.2) is 48.7 Å². The van der Waals surface area contributed by atoms with E-state index in [0.29, 0.717) is 6.04 Å². The van der Waals surface area contributed by atoms with E-state index in [4.69, 9.17) is 23.8 Å². The Morgan fingerprint density at radius 1 is 1.21 bits per heavy atom. The molecule has 0 aliphatic rings. The summed E-state index contributed by atoms with van der Waals surface area (Å²) in [5, 5.41) is 6.14. The van der Waals surface area contributed by atoms with Gasteiger partial charge < -0.3 is 14.8 Å². The second-order valence-corrected chi connectivity index (χ2v) is 8.03. The van der Waals surface area contributed by atoms with Crippen molar-refractivity contribution in [1.29, 1.82) is 0 Å². The fourth-order valence-electron chi connectivity index (χ4n) is 3.41. The van der Waals surface area contributed by atoms with Crippen LogP contribution in [0.2, 0.25) is 5.02 Å². The number of aryl methyl sites for hydroxylation is 2. The molecule has 3 nitrogen and oxygen atoms in total. The average molecular weight is 414 g/mol. The van der Waals surface area contributed by atoms with Crippen LogP contribution in [0.25, 0.3) is 10.9 Å². The van der Waals surface area contributed by atoms with Gasteiger partial charge in [-0.1, -0.05) is 42.8 Å². The number of nitrogens with one attached hydrogen (secondary N) is 1. The molecule has 2 aromatic carbocycles. The van der Waals surface area contributed by atoms with Crippen molar-refractivity contribution in [3.05, 3.63) is 64.8 Å². The van der Waals surface area contributed by atoms with E-state index in [0.717, 1.165) is 40.9 Å². The van der Waals surface area contributed by atoms with Crippen LogP contribution in [0.5, 0.6) is 0 Å². The first-order valence-corrected chi connectivity index (χ1v) is 10.6. The minimum absolute atomic E-state index is 0.324. The van der Waals surface area contributed by atoms with Crippen molar-refractivity contribution in [1.82, 2.24) is 9.47 Å². The smallest absolute Gasteiger partial charge is 0.173 e. The Balaban J connectivity index is 1.88. The molecule has 0 aliphatic carbocycles. The van der Waals surface area contributed by atoms with Crippen molar-refractivity contribution in [3.8, 4) is 0 Å². The van der Waals surface area contributed by atoms with Crippen LogP contribution >= 0.6 is 23.8 Å². The standard InChI is InChI=1S/C23H28ClN3S/c1-5-17(4)27(23(28)25-19-12-11-16(3)21(24)13-19)15-18-14-26(6-2)22-10-8-7-9-20(18)22/h7-14,17H,5-6,15H2,1-4H3,(H,25,28)/t17-/m1/s1. The number of nitrogens with zero attached hydrogens (tertiary/aromatic N) is 2. The van der Waals surface area contributed by atoms with E-state index >= 15 is 0 Å². The Morgan fingerprint density at radius 3 is 2.64 bits per heavy atom. The maximum absolute atomic E-state index is 6.28. The van der Waals surface area contributed by atoms with Gasteiger partial charge in [-0.3, -0.25) is 0 Å². The third-order valence-electron chi connectivity index (χ3n) is 5.36. The third-order valence-corrected chi connectivity index (χ3v) is 6.10. The highest BCUT2D eigenvalue weighted by atomic mass is 35.5. The molecule has 1 N–H and O–H groups in total. The van der Waals surface area contributed by atoms with Gasteiger partial charge in [-0.2, -0.15) is 0 Å². The van der Waals surface area contributed by atoms with Crippen molar-refractivity contribution >= 4 is 45.5 Å². The summed E-state index contributed by atoms with van der Waals surface area (Å²) in [6.07, 6.45) is 3.27. The van der Waals surface area contributed by atoms with Gasteiger partial charge in [0.05, 0.1) is 0 Å². The van der Waals surface area contributed by atoms with Crippen molar-refractivity contribution in [2.75, 3.05) is 5.32 Å². The van der Waals surface area contributed by atoms with Gasteiger partial charge in [0, 0.05) is 46.9 Å². The van der Waals surface area contributed by atoms with Crippen molar-refractivity contribution in [3.63, 3.8) is 0 Å². The van der Waals surface area contributed by atoms with E-state index in [1.54, 1.807) is 0 Å². The molecule has 0 spiro atoms. The molecule has 0 saturated carbocycles. The molecule has 0 unspecified atom stereocenters. The fraction of sp³-hybridized carbons (Fsp3) is 0.348. The number of halogens is 1. The van der Waals surface area contributed by atoms with Crippen molar-refractivity contribution < 1.29 is 0 Å². The summed E-state index contributed by atoms with van der Waals surface area (Å²) in [5.74, 6) is 0. The number of aromatic nitrogens is 1. The molecule has 0 aliphatic heterocycles. The lowest BCUT2D eigenvalue weighted by molar-refractivity contribution is 0.320. The minimum atomic E-state index is 0.324. The predicted octanol–water partition coefficient (Wildman–Crippen LogP) is 6.62. The summed E-state index contributed by atoms with van der Waals surface area (Å²) >= 11 is 12.1. The summed E-state index contributed by atoms with van der Waals surface area (Å²) in [6.45, 7) is 10.3. The predicted molar refractivity (Wildman–Crippen MR) is 125 cm³/mol. The first kappa shape index (κ1) is 20.7. The highest BCUT2D eigenvalue weighted by Gasteiger charge is 2.19. The Kier molecular flexibility index (Phi) is 6.63. The third kappa shape index (κ3) is 4.34. The fourth-order valence-corrected chi connectivity index (χ4v) is 3.95. The second-order valence-electron chi connectivity index (χ2n) is 7.24. The number of benzene rings is 2. The van der Waals surface area contributed by atoms with Crippen LogP contribution in [0.1, 0.15) is 38.3 Å². The lowest BCUT2D eigenvalue weighted by Crippen LogP contribution is -2.40. The van der Waals surface area contributed by atoms with Gasteiger partial charge in [0.15, 0.2) is 5.11 Å². The Hall–Kier alpha value is -2.04. The molecule has 1 heterocycles. The lowest BCUT2D eigenvalue weighted by Gasteiger charge is -2.31. The maximum Gasteiger partial charge on any atom is 0.173 e. The zero-order chi connectivity index (χ0) is 20.3. The van der Waals surface area contributed by atoms with Gasteiger partial charge in [0.25, 0.3) is 0 Å². The number of hydrogen-bond acceptors (Lipinski definition) is 1. The number of hydrogen-bond donors (Lipinski definition) is 1. The van der Waals surface area contributed by atoms with Gasteiger partial charge in [0.1, 0.15) is 0 Å². The molecule has 148 valence electrons. The van der Waals surface area contributed by atoms with Crippen LogP contribution in [0.3, 0.4) is 0 Å². The Labute approximate surface area is 178 Å². The topological polar surface area (TPSA) is 20.2 Å². The first-order valence-electron chi connectivity index (χ1n) is 9.85. The molecule has 5 heteroatoms. The summed E-state index contributed by atoms with van der Waals surface area (Å²) in [6, 6.07) is 14.9. The molecule has 3 aromatic rings. The maximum atomic E-state index is 6.28. The molecule has 0 bridgehead atoms. The Morgan fingerprint density at radius 2 is 1.96 bits per heavy atom. The molecule has 3 rings (SSSR count). The second kappa shape index (κ2) is 8.97. The highest BCUT2D eigenvalue weighted by Crippen LogP contribution is 2.25. The molecule has 0 radical (unpaired) electrons. The number of thiocarbonyl (C=S) groups is 1. The van der Waals surface area contributed by atoms with E-state index in [1.807, 2.05) is 25.1 Å². The van der Waals surface area contributed by atoms with Crippen LogP contribution in [0, 0.1) is 6.92 Å². The largest absolute Gasteiger partial charge is 0.347 e. The minimum Gasteiger partial charge on any atom is -0.347 e. The zero-order valence-corrected chi connectivity index (χ0v) is 18.6. The van der Waals surface area contributed by atoms with Crippen molar-refractivity contribution in [2.24, 2.45) is 0 Å². The van der Waals surface area contributed by atoms with Gasteiger partial charge >= 0.3 is 0 Å². The zero-order valence-electron chi connectivity index (χ0n) is 17.0. The number of anilines is 1. The molecule has 1 atom stereocenters. The van der Waals surface area contributed by atoms with Gasteiger partial charge in [-0.25, -0.2) is 0 Å². The van der Waals surface area contributed by atoms with E-state index in [9.17, 15) is 0 Å². The highest BCUT2D eigenvalue weighted by molar-refractivity contribution is 7.80. The summed E-state index contributed by atoms with van der Waals surface area (Å²) in [7, 11) is 0.